The molecule has 0 saturated heterocycles. The summed E-state index contributed by atoms with van der Waals surface area (Å²) < 4.78 is 27.6. The molecule has 0 radical (unpaired) electrons. The van der Waals surface area contributed by atoms with E-state index < -0.39 is 10.0 Å². The summed E-state index contributed by atoms with van der Waals surface area (Å²) >= 11 is 5.97. The fraction of sp³-hybridized carbons (Fsp3) is 0.615. The highest BCUT2D eigenvalue weighted by Crippen LogP contribution is 2.35. The first kappa shape index (κ1) is 15.9. The number of rotatable bonds is 5. The monoisotopic (exact) mass is 332 g/mol. The molecule has 1 aliphatic carbocycles. The lowest BCUT2D eigenvalue weighted by Gasteiger charge is -2.33. The fourth-order valence-electron chi connectivity index (χ4n) is 2.52. The molecule has 1 aliphatic rings. The number of nitrogens with two attached hydrogens (primary N) is 1. The number of hydrogen-bond acceptors (Lipinski definition) is 4. The van der Waals surface area contributed by atoms with E-state index in [9.17, 15) is 8.42 Å². The zero-order valence-electron chi connectivity index (χ0n) is 11.5. The summed E-state index contributed by atoms with van der Waals surface area (Å²) in [6.45, 7) is 2.65. The van der Waals surface area contributed by atoms with Crippen LogP contribution in [0.2, 0.25) is 0 Å². The molecule has 2 rings (SSSR count). The van der Waals surface area contributed by atoms with Crippen molar-refractivity contribution in [1.82, 2.24) is 4.72 Å². The largest absolute Gasteiger partial charge is 0.389 e. The van der Waals surface area contributed by atoms with Crippen LogP contribution in [0.4, 0.5) is 0 Å². The second kappa shape index (κ2) is 6.09. The van der Waals surface area contributed by atoms with Crippen molar-refractivity contribution < 1.29 is 8.42 Å². The maximum atomic E-state index is 12.3. The van der Waals surface area contributed by atoms with E-state index in [1.54, 1.807) is 12.1 Å². The molecule has 0 aromatic carbocycles. The minimum atomic E-state index is -3.46. The van der Waals surface area contributed by atoms with Crippen LogP contribution in [0.25, 0.3) is 0 Å². The van der Waals surface area contributed by atoms with Crippen LogP contribution in [0.15, 0.2) is 16.3 Å². The van der Waals surface area contributed by atoms with Crippen molar-refractivity contribution in [3.05, 3.63) is 17.0 Å². The third kappa shape index (κ3) is 3.78. The van der Waals surface area contributed by atoms with Gasteiger partial charge in [0.2, 0.25) is 10.0 Å². The van der Waals surface area contributed by atoms with Crippen molar-refractivity contribution in [3.8, 4) is 0 Å². The van der Waals surface area contributed by atoms with Crippen LogP contribution >= 0.6 is 23.6 Å². The number of nitrogens with one attached hydrogen (secondary N) is 1. The Morgan fingerprint density at radius 1 is 1.40 bits per heavy atom. The van der Waals surface area contributed by atoms with Crippen LogP contribution in [0.3, 0.4) is 0 Å². The van der Waals surface area contributed by atoms with Crippen LogP contribution in [0.5, 0.6) is 0 Å². The van der Waals surface area contributed by atoms with E-state index >= 15 is 0 Å². The summed E-state index contributed by atoms with van der Waals surface area (Å²) in [5.74, 6) is 0. The predicted octanol–water partition coefficient (Wildman–Crippen LogP) is 2.63. The maximum absolute atomic E-state index is 12.3. The highest BCUT2D eigenvalue weighted by Gasteiger charge is 2.29. The van der Waals surface area contributed by atoms with Gasteiger partial charge in [-0.25, -0.2) is 13.1 Å². The number of thiophene rings is 1. The van der Waals surface area contributed by atoms with Crippen LogP contribution in [-0.4, -0.2) is 20.0 Å². The van der Waals surface area contributed by atoms with Crippen molar-refractivity contribution >= 4 is 38.6 Å². The molecule has 0 amide bonds. The quantitative estimate of drug-likeness (QED) is 0.813. The third-order valence-corrected chi connectivity index (χ3v) is 7.20. The van der Waals surface area contributed by atoms with Gasteiger partial charge in [-0.3, -0.25) is 0 Å². The van der Waals surface area contributed by atoms with Gasteiger partial charge in [-0.1, -0.05) is 38.4 Å². The highest BCUT2D eigenvalue weighted by atomic mass is 32.2. The second-order valence-electron chi connectivity index (χ2n) is 5.68. The van der Waals surface area contributed by atoms with Crippen molar-refractivity contribution in [2.45, 2.75) is 43.2 Å². The normalized spacial score (nSPS) is 18.9. The van der Waals surface area contributed by atoms with Crippen molar-refractivity contribution in [2.24, 2.45) is 11.1 Å². The third-order valence-electron chi connectivity index (χ3n) is 3.84. The van der Waals surface area contributed by atoms with E-state index in [1.807, 2.05) is 0 Å². The zero-order valence-corrected chi connectivity index (χ0v) is 14.0. The first-order valence-electron chi connectivity index (χ1n) is 6.72. The molecule has 1 aromatic rings. The summed E-state index contributed by atoms with van der Waals surface area (Å²) in [4.78, 5) is 0.861. The summed E-state index contributed by atoms with van der Waals surface area (Å²) in [6.07, 6.45) is 5.78. The second-order valence-corrected chi connectivity index (χ2v) is 9.20. The average molecular weight is 333 g/mol. The molecular weight excluding hydrogens is 312 g/mol. The molecule has 0 bridgehead atoms. The minimum Gasteiger partial charge on any atom is -0.389 e. The van der Waals surface area contributed by atoms with Crippen molar-refractivity contribution in [3.63, 3.8) is 0 Å². The van der Waals surface area contributed by atoms with E-state index in [0.717, 1.165) is 24.2 Å². The predicted molar refractivity (Wildman–Crippen MR) is 86.6 cm³/mol. The summed E-state index contributed by atoms with van der Waals surface area (Å²) in [7, 11) is -3.46. The number of sulfonamides is 1. The Balaban J connectivity index is 2.05. The fourth-order valence-corrected chi connectivity index (χ4v) is 5.11. The Morgan fingerprint density at radius 3 is 2.60 bits per heavy atom. The Kier molecular flexibility index (Phi) is 4.84. The van der Waals surface area contributed by atoms with Gasteiger partial charge in [-0.15, -0.1) is 11.3 Å². The van der Waals surface area contributed by atoms with Gasteiger partial charge in [0.25, 0.3) is 0 Å². The van der Waals surface area contributed by atoms with Gasteiger partial charge in [0.05, 0.1) is 4.88 Å². The zero-order chi connectivity index (χ0) is 14.8. The molecule has 1 saturated carbocycles. The molecule has 3 N–H and O–H groups in total. The van der Waals surface area contributed by atoms with Crippen LogP contribution < -0.4 is 10.5 Å². The molecule has 0 unspecified atom stereocenters. The lowest BCUT2D eigenvalue weighted by molar-refractivity contribution is 0.219. The van der Waals surface area contributed by atoms with E-state index in [0.29, 0.717) is 11.4 Å². The smallest absolute Gasteiger partial charge is 0.250 e. The van der Waals surface area contributed by atoms with Crippen LogP contribution in [0, 0.1) is 5.41 Å². The van der Waals surface area contributed by atoms with Gasteiger partial charge < -0.3 is 5.73 Å². The van der Waals surface area contributed by atoms with Crippen LogP contribution in [-0.2, 0) is 10.0 Å². The molecule has 112 valence electrons. The molecular formula is C13H20N2O2S3. The van der Waals surface area contributed by atoms with Gasteiger partial charge in [0.1, 0.15) is 9.20 Å². The van der Waals surface area contributed by atoms with Gasteiger partial charge in [0.15, 0.2) is 0 Å². The molecule has 20 heavy (non-hydrogen) atoms. The van der Waals surface area contributed by atoms with E-state index in [1.165, 1.54) is 19.3 Å². The van der Waals surface area contributed by atoms with E-state index in [4.69, 9.17) is 18.0 Å². The molecule has 0 spiro atoms. The molecule has 1 heterocycles. The van der Waals surface area contributed by atoms with Gasteiger partial charge >= 0.3 is 0 Å². The van der Waals surface area contributed by atoms with Gasteiger partial charge in [-0.05, 0) is 30.4 Å². The molecule has 0 aliphatic heterocycles. The number of thiocarbonyl (C=S) groups is 1. The van der Waals surface area contributed by atoms with Gasteiger partial charge in [0, 0.05) is 6.54 Å². The molecule has 0 atom stereocenters. The lowest BCUT2D eigenvalue weighted by Crippen LogP contribution is -2.36. The Bertz CT molecular complexity index is 587. The summed E-state index contributed by atoms with van der Waals surface area (Å²) in [6, 6.07) is 3.22. The summed E-state index contributed by atoms with van der Waals surface area (Å²) in [5, 5.41) is 0. The van der Waals surface area contributed by atoms with E-state index in [-0.39, 0.29) is 14.6 Å². The molecule has 4 nitrogen and oxygen atoms in total. The van der Waals surface area contributed by atoms with Crippen molar-refractivity contribution in [1.29, 1.82) is 0 Å². The first-order chi connectivity index (χ1) is 9.32. The minimum absolute atomic E-state index is 0.0780. The van der Waals surface area contributed by atoms with Crippen molar-refractivity contribution in [2.75, 3.05) is 6.54 Å². The Hall–Kier alpha value is -0.500. The standard InChI is InChI=1S/C13H20N2O2S3/c1-13(7-3-2-4-8-13)9-15-20(16,17)11-6-5-10(19-11)12(14)18/h5-6,15H,2-4,7-9H2,1H3,(H2,14,18). The van der Waals surface area contributed by atoms with Crippen LogP contribution in [0.1, 0.15) is 43.9 Å². The molecule has 1 fully saturated rings. The average Bonchev–Trinajstić information content (AvgIpc) is 2.88. The topological polar surface area (TPSA) is 72.2 Å². The molecule has 7 heteroatoms. The van der Waals surface area contributed by atoms with Gasteiger partial charge in [-0.2, -0.15) is 0 Å². The Labute approximate surface area is 129 Å². The lowest BCUT2D eigenvalue weighted by atomic mass is 9.76. The molecule has 1 aromatic heterocycles. The SMILES string of the molecule is CC1(CNS(=O)(=O)c2ccc(C(N)=S)s2)CCCCC1. The maximum Gasteiger partial charge on any atom is 0.250 e. The highest BCUT2D eigenvalue weighted by molar-refractivity contribution is 7.91. The summed E-state index contributed by atoms with van der Waals surface area (Å²) in [5.41, 5.74) is 5.59. The first-order valence-corrected chi connectivity index (χ1v) is 9.43. The number of hydrogen-bond donors (Lipinski definition) is 2. The Morgan fingerprint density at radius 2 is 2.05 bits per heavy atom. The van der Waals surface area contributed by atoms with E-state index in [2.05, 4.69) is 11.6 Å².